The summed E-state index contributed by atoms with van der Waals surface area (Å²) in [5.74, 6) is 6.73. The van der Waals surface area contributed by atoms with Crippen LogP contribution in [0.1, 0.15) is 44.5 Å². The molecule has 0 aliphatic carbocycles. The highest BCUT2D eigenvalue weighted by molar-refractivity contribution is 5.40. The number of ether oxygens (including phenoxy) is 11. The molecule has 2 unspecified atom stereocenters. The summed E-state index contributed by atoms with van der Waals surface area (Å²) in [6, 6.07) is 64.3. The summed E-state index contributed by atoms with van der Waals surface area (Å²) in [5.41, 5.74) is 9.38. The highest BCUT2D eigenvalue weighted by atomic mass is 16.5. The molecular formula is C88H101N5O15. The lowest BCUT2D eigenvalue weighted by atomic mass is 10.0. The molecule has 12 rings (SSSR count). The summed E-state index contributed by atoms with van der Waals surface area (Å²) in [4.78, 5) is 7.48. The van der Waals surface area contributed by atoms with Crippen molar-refractivity contribution in [3.8, 4) is 46.0 Å². The van der Waals surface area contributed by atoms with Gasteiger partial charge in [-0.1, -0.05) is 121 Å². The molecule has 0 aromatic heterocycles. The van der Waals surface area contributed by atoms with Crippen LogP contribution in [0.5, 0.6) is 46.0 Å². The van der Waals surface area contributed by atoms with Gasteiger partial charge in [0.1, 0.15) is 134 Å². The second kappa shape index (κ2) is 45.6. The number of para-hydroxylation sites is 4. The third-order valence-corrected chi connectivity index (χ3v) is 17.3. The first kappa shape index (κ1) is 80.4. The minimum absolute atomic E-state index is 0.231. The number of aliphatic hydroxyl groups is 4. The summed E-state index contributed by atoms with van der Waals surface area (Å²) in [7, 11) is 6.71. The molecule has 0 radical (unpaired) electrons. The third-order valence-electron chi connectivity index (χ3n) is 17.3. The quantitative estimate of drug-likeness (QED) is 0.0247. The van der Waals surface area contributed by atoms with E-state index in [1.165, 1.54) is 22.3 Å². The molecule has 4 aliphatic rings. The molecule has 5 N–H and O–H groups in total. The van der Waals surface area contributed by atoms with Gasteiger partial charge >= 0.3 is 0 Å². The molecule has 0 amide bonds. The number of β-amino-alcohol motifs (C(OH)–C–C–N with tert-alkyl or cyclic N) is 4. The van der Waals surface area contributed by atoms with Crippen LogP contribution in [0, 0.1) is 0 Å². The normalized spacial score (nSPS) is 13.9. The number of nitrogens with one attached hydrogen (secondary N) is 1. The first-order valence-electron chi connectivity index (χ1n) is 36.1. The zero-order valence-electron chi connectivity index (χ0n) is 61.9. The Labute approximate surface area is 635 Å². The van der Waals surface area contributed by atoms with E-state index >= 15 is 0 Å². The minimum atomic E-state index is -0.608. The SMILES string of the molecule is COc1cccc(CCc2ccccc2OCC(O)CN2C=CNC=C2)c1.COc1cccc(CCc2ccccc2OCC(O)CN2C=COC=C2)c1.COc1cccc(CCc2ccccc2OC[C@@H](O)CN2C=COC=C2)c1.COc1cccc(CCc2ccccc2OC[C@H](O)CN2C=COC=C2)c1. The zero-order valence-corrected chi connectivity index (χ0v) is 61.9. The maximum atomic E-state index is 10.3. The summed E-state index contributed by atoms with van der Waals surface area (Å²) in [5, 5.41) is 43.9. The molecular weight excluding hydrogens is 1370 g/mol. The van der Waals surface area contributed by atoms with E-state index in [-0.39, 0.29) is 26.4 Å². The van der Waals surface area contributed by atoms with E-state index in [1.807, 2.05) is 166 Å². The predicted octanol–water partition coefficient (Wildman–Crippen LogP) is 13.6. The number of hydrogen-bond acceptors (Lipinski definition) is 20. The van der Waals surface area contributed by atoms with Crippen molar-refractivity contribution in [1.29, 1.82) is 0 Å². The van der Waals surface area contributed by atoms with Crippen LogP contribution in [-0.4, -0.2) is 145 Å². The molecule has 20 heteroatoms. The Morgan fingerprint density at radius 1 is 0.287 bits per heavy atom. The number of nitrogens with zero attached hydrogens (tertiary/aromatic N) is 4. The van der Waals surface area contributed by atoms with Crippen molar-refractivity contribution in [3.05, 3.63) is 338 Å². The molecule has 4 atom stereocenters. The fraction of sp³-hybridized carbons (Fsp3) is 0.273. The molecule has 20 nitrogen and oxygen atoms in total. The third kappa shape index (κ3) is 29.0. The van der Waals surface area contributed by atoms with E-state index < -0.39 is 24.4 Å². The number of aryl methyl sites for hydroxylation is 8. The maximum Gasteiger partial charge on any atom is 0.122 e. The summed E-state index contributed by atoms with van der Waals surface area (Å²) < 4.78 is 59.7. The molecule has 8 aromatic carbocycles. The lowest BCUT2D eigenvalue weighted by Crippen LogP contribution is -2.31. The van der Waals surface area contributed by atoms with E-state index in [4.69, 9.17) is 52.1 Å². The van der Waals surface area contributed by atoms with Gasteiger partial charge in [0, 0.05) is 62.0 Å². The topological polar surface area (TPSA) is 207 Å². The van der Waals surface area contributed by atoms with Crippen molar-refractivity contribution in [2.75, 3.05) is 81.0 Å². The van der Waals surface area contributed by atoms with Gasteiger partial charge in [-0.05, 0) is 169 Å². The number of methoxy groups -OCH3 is 4. The first-order chi connectivity index (χ1) is 53.0. The van der Waals surface area contributed by atoms with Crippen LogP contribution < -0.4 is 43.2 Å². The van der Waals surface area contributed by atoms with Gasteiger partial charge in [0.25, 0.3) is 0 Å². The van der Waals surface area contributed by atoms with E-state index in [0.29, 0.717) is 26.2 Å². The summed E-state index contributed by atoms with van der Waals surface area (Å²) >= 11 is 0. The van der Waals surface area contributed by atoms with Gasteiger partial charge in [0.2, 0.25) is 0 Å². The van der Waals surface area contributed by atoms with E-state index in [9.17, 15) is 20.4 Å². The van der Waals surface area contributed by atoms with Crippen LogP contribution in [0.4, 0.5) is 0 Å². The van der Waals surface area contributed by atoms with Gasteiger partial charge in [0.15, 0.2) is 0 Å². The molecule has 0 spiro atoms. The first-order valence-corrected chi connectivity index (χ1v) is 36.1. The van der Waals surface area contributed by atoms with Gasteiger partial charge in [-0.3, -0.25) is 0 Å². The van der Waals surface area contributed by atoms with Crippen molar-refractivity contribution in [2.24, 2.45) is 0 Å². The van der Waals surface area contributed by atoms with Gasteiger partial charge in [0.05, 0.1) is 54.6 Å². The summed E-state index contributed by atoms with van der Waals surface area (Å²) in [6.45, 7) is 2.77. The molecule has 0 bridgehead atoms. The van der Waals surface area contributed by atoms with Crippen LogP contribution in [0.2, 0.25) is 0 Å². The van der Waals surface area contributed by atoms with Crippen molar-refractivity contribution < 1.29 is 72.5 Å². The Bertz CT molecular complexity index is 3640. The monoisotopic (exact) mass is 1470 g/mol. The van der Waals surface area contributed by atoms with Gasteiger partial charge < -0.3 is 97.4 Å². The highest BCUT2D eigenvalue weighted by Crippen LogP contribution is 2.27. The van der Waals surface area contributed by atoms with Crippen LogP contribution in [0.3, 0.4) is 0 Å². The van der Waals surface area contributed by atoms with Crippen molar-refractivity contribution in [1.82, 2.24) is 24.9 Å². The van der Waals surface area contributed by atoms with Crippen LogP contribution in [0.15, 0.2) is 294 Å². The Kier molecular flexibility index (Phi) is 34.0. The average Bonchev–Trinajstić information content (AvgIpc) is 0.882. The molecule has 568 valence electrons. The standard InChI is InChI=1S/C22H26N2O3.3C22H25NO4/c1-26-21-7-4-5-18(15-21)9-10-19-6-2-3-8-22(19)27-17-20(25)16-24-13-11-23-12-14-24;3*1-25-21-7-4-5-18(15-21)9-10-19-6-2-3-8-22(19)27-17-20(24)16-23-11-13-26-14-12-23/h2-8,11-15,20,23,25H,9-10,16-17H2,1H3;3*2-8,11-15,20,24H,9-10,16-17H2,1H3/t;2*20-;/m.10./s1. The molecule has 4 aliphatic heterocycles. The van der Waals surface area contributed by atoms with Crippen LogP contribution in [0.25, 0.3) is 0 Å². The second-order valence-corrected chi connectivity index (χ2v) is 25.4. The predicted molar refractivity (Wildman–Crippen MR) is 420 cm³/mol. The number of benzene rings is 8. The Morgan fingerprint density at radius 3 is 0.759 bits per heavy atom. The highest BCUT2D eigenvalue weighted by Gasteiger charge is 2.17. The van der Waals surface area contributed by atoms with E-state index in [2.05, 4.69) is 78.1 Å². The second-order valence-electron chi connectivity index (χ2n) is 25.4. The lowest BCUT2D eigenvalue weighted by molar-refractivity contribution is 0.0887. The number of aliphatic hydroxyl groups excluding tert-OH is 4. The largest absolute Gasteiger partial charge is 0.497 e. The minimum Gasteiger partial charge on any atom is -0.497 e. The van der Waals surface area contributed by atoms with Crippen LogP contribution >= 0.6 is 0 Å². The van der Waals surface area contributed by atoms with Crippen molar-refractivity contribution >= 4 is 0 Å². The van der Waals surface area contributed by atoms with E-state index in [1.54, 1.807) is 103 Å². The van der Waals surface area contributed by atoms with Crippen molar-refractivity contribution in [3.63, 3.8) is 0 Å². The zero-order chi connectivity index (χ0) is 75.6. The van der Waals surface area contributed by atoms with Gasteiger partial charge in [-0.2, -0.15) is 0 Å². The molecule has 4 heterocycles. The fourth-order valence-electron chi connectivity index (χ4n) is 11.6. The van der Waals surface area contributed by atoms with Gasteiger partial charge in [-0.15, -0.1) is 0 Å². The smallest absolute Gasteiger partial charge is 0.122 e. The van der Waals surface area contributed by atoms with Gasteiger partial charge in [-0.25, -0.2) is 0 Å². The van der Waals surface area contributed by atoms with E-state index in [0.717, 1.165) is 120 Å². The molecule has 0 fully saturated rings. The fourth-order valence-corrected chi connectivity index (χ4v) is 11.6. The molecule has 108 heavy (non-hydrogen) atoms. The van der Waals surface area contributed by atoms with Crippen molar-refractivity contribution in [2.45, 2.75) is 75.8 Å². The van der Waals surface area contributed by atoms with Crippen LogP contribution in [-0.2, 0) is 65.6 Å². The number of rotatable bonds is 36. The summed E-state index contributed by atoms with van der Waals surface area (Å²) in [6.07, 6.45) is 32.0. The Balaban J connectivity index is 0.000000166. The maximum absolute atomic E-state index is 10.3. The lowest BCUT2D eigenvalue weighted by Gasteiger charge is -2.22. The molecule has 0 saturated carbocycles. The average molecular weight is 1470 g/mol. The number of hydrogen-bond donors (Lipinski definition) is 5. The molecule has 0 saturated heterocycles. The Morgan fingerprint density at radius 2 is 0.519 bits per heavy atom. The molecule has 8 aromatic rings. The Hall–Kier alpha value is -11.7.